The van der Waals surface area contributed by atoms with E-state index in [0.29, 0.717) is 5.92 Å². The van der Waals surface area contributed by atoms with E-state index in [1.807, 2.05) is 5.20 Å². The van der Waals surface area contributed by atoms with Crippen LogP contribution in [0.2, 0.25) is 0 Å². The summed E-state index contributed by atoms with van der Waals surface area (Å²) >= 11 is 2.40. The number of hydrogen-bond donors (Lipinski definition) is 0. The first-order valence-electron chi connectivity index (χ1n) is 16.4. The molecule has 0 heterocycles. The smallest absolute Gasteiger partial charge is 1.00 e. The van der Waals surface area contributed by atoms with E-state index >= 15 is 0 Å². The minimum absolute atomic E-state index is 0. The zero-order chi connectivity index (χ0) is 27.5. The van der Waals surface area contributed by atoms with Gasteiger partial charge >= 0.3 is 199 Å². The fourth-order valence-electron chi connectivity index (χ4n) is 6.38. The van der Waals surface area contributed by atoms with Crippen molar-refractivity contribution in [1.82, 2.24) is 0 Å². The summed E-state index contributed by atoms with van der Waals surface area (Å²) in [5, 5.41) is 3.43. The summed E-state index contributed by atoms with van der Waals surface area (Å²) in [7, 11) is -0.438. The number of hydrogen-bond acceptors (Lipinski definition) is 0. The summed E-state index contributed by atoms with van der Waals surface area (Å²) in [6.07, 6.45) is 25.6. The van der Waals surface area contributed by atoms with Crippen molar-refractivity contribution in [3.8, 4) is 0 Å². The van der Waals surface area contributed by atoms with E-state index in [9.17, 15) is 0 Å². The molecule has 0 aliphatic heterocycles. The predicted molar refractivity (Wildman–Crippen MR) is 172 cm³/mol. The van der Waals surface area contributed by atoms with Crippen molar-refractivity contribution >= 4 is 14.7 Å². The number of allylic oxidation sites excluding steroid dienone is 4. The molecule has 0 radical (unpaired) electrons. The molecule has 1 unspecified atom stereocenters. The molecule has 0 aromatic heterocycles. The van der Waals surface area contributed by atoms with Gasteiger partial charge in [-0.05, 0) is 0 Å². The fraction of sp³-hybridized carbons (Fsp3) is 0.568. The average Bonchev–Trinajstić information content (AvgIpc) is 3.17. The molecule has 0 nitrogen and oxygen atoms in total. The van der Waals surface area contributed by atoms with Crippen LogP contribution >= 0.6 is 0 Å². The maximum absolute atomic E-state index is 2.43. The quantitative estimate of drug-likeness (QED) is 0.137. The maximum atomic E-state index is 2.43. The summed E-state index contributed by atoms with van der Waals surface area (Å²) in [6.45, 7) is 4.74. The number of halogens is 3. The number of benzene rings is 2. The zero-order valence-electron chi connectivity index (χ0n) is 26.4. The second-order valence-corrected chi connectivity index (χ2v) is 14.7. The summed E-state index contributed by atoms with van der Waals surface area (Å²) < 4.78 is 1.60. The van der Waals surface area contributed by atoms with Crippen molar-refractivity contribution in [3.05, 3.63) is 86.4 Å². The van der Waals surface area contributed by atoms with Crippen molar-refractivity contribution in [1.29, 1.82) is 0 Å². The van der Waals surface area contributed by atoms with Gasteiger partial charge in [0.1, 0.15) is 0 Å². The first-order chi connectivity index (χ1) is 19.2. The Morgan fingerprint density at radius 2 is 1.02 bits per heavy atom. The van der Waals surface area contributed by atoms with Crippen molar-refractivity contribution in [2.75, 3.05) is 0 Å². The molecule has 0 amide bonds. The van der Waals surface area contributed by atoms with E-state index in [4.69, 9.17) is 0 Å². The van der Waals surface area contributed by atoms with Gasteiger partial charge in [-0.1, -0.05) is 58.3 Å². The second-order valence-electron chi connectivity index (χ2n) is 12.0. The van der Waals surface area contributed by atoms with Crippen LogP contribution in [0.25, 0.3) is 0 Å². The first-order valence-corrected chi connectivity index (χ1v) is 18.6. The molecule has 1 aliphatic carbocycles. The third-order valence-electron chi connectivity index (χ3n) is 8.83. The summed E-state index contributed by atoms with van der Waals surface area (Å²) in [5.74, 6) is 0.697. The Balaban J connectivity index is 0.00000560. The van der Waals surface area contributed by atoms with Gasteiger partial charge in [0.25, 0.3) is 0 Å². The van der Waals surface area contributed by atoms with Gasteiger partial charge in [-0.25, -0.2) is 0 Å². The molecule has 2 aromatic carbocycles. The van der Waals surface area contributed by atoms with Crippen LogP contribution in [0.3, 0.4) is 0 Å². The van der Waals surface area contributed by atoms with E-state index < -0.39 is 9.52 Å². The Bertz CT molecular complexity index is 991. The molecule has 5 heteroatoms. The van der Waals surface area contributed by atoms with Gasteiger partial charge in [-0.3, -0.25) is 0 Å². The van der Waals surface area contributed by atoms with Crippen LogP contribution in [-0.2, 0) is 26.9 Å². The largest absolute Gasteiger partial charge is 1.00 e. The minimum Gasteiger partial charge on any atom is -1.00 e. The fourth-order valence-corrected chi connectivity index (χ4v) is 9.54. The van der Waals surface area contributed by atoms with Crippen molar-refractivity contribution in [3.63, 3.8) is 0 Å². The summed E-state index contributed by atoms with van der Waals surface area (Å²) in [6, 6.07) is 22.5. The summed E-state index contributed by atoms with van der Waals surface area (Å²) in [4.78, 5) is 0. The number of unbranched alkanes of at least 4 members (excludes halogenated alkanes) is 15. The molecule has 232 valence electrons. The standard InChI is InChI=1S/C37H55Si.3ClH.Ti/c1-3-4-5-6-7-8-9-10-11-12-13-14-15-16-17-24-29-36-32(2)30-34(31-33-25-20-18-21-26-33)37(36)38-35-27-22-19-23-28-35;;;;/h18-23,25-28,36H,3-17,24,29,31,38H2,1-2H3;3*1H;/q;;;;+3/p-3. The zero-order valence-corrected chi connectivity index (χ0v) is 31.7. The molecule has 0 fully saturated rings. The van der Waals surface area contributed by atoms with Crippen molar-refractivity contribution in [2.24, 2.45) is 5.92 Å². The molecule has 42 heavy (non-hydrogen) atoms. The Kier molecular flexibility index (Phi) is 25.8. The van der Waals surface area contributed by atoms with Crippen LogP contribution in [0, 0.1) is 5.92 Å². The molecule has 0 saturated heterocycles. The SMILES string of the molecule is CCCCCCCCCCCCCCCCCCC1C(C)=[C]([Ti+3])C(Cc2ccccc2)=C1[SiH2]c1ccccc1.[Cl-].[Cl-].[Cl-]. The van der Waals surface area contributed by atoms with Gasteiger partial charge in [0.2, 0.25) is 0 Å². The third kappa shape index (κ3) is 15.6. The molecule has 0 saturated carbocycles. The Morgan fingerprint density at radius 1 is 0.595 bits per heavy atom. The molecule has 0 bridgehead atoms. The Hall–Kier alpha value is -0.279. The van der Waals surface area contributed by atoms with Crippen molar-refractivity contribution in [2.45, 2.75) is 129 Å². The summed E-state index contributed by atoms with van der Waals surface area (Å²) in [5.41, 5.74) is 4.80. The Labute approximate surface area is 292 Å². The van der Waals surface area contributed by atoms with Gasteiger partial charge < -0.3 is 37.2 Å². The third-order valence-corrected chi connectivity index (χ3v) is 12.1. The Morgan fingerprint density at radius 3 is 1.50 bits per heavy atom. The van der Waals surface area contributed by atoms with Gasteiger partial charge in [0, 0.05) is 0 Å². The van der Waals surface area contributed by atoms with Crippen LogP contribution < -0.4 is 42.4 Å². The molecular weight excluding hydrogens is 627 g/mol. The molecule has 1 atom stereocenters. The maximum Gasteiger partial charge on any atom is -1.00 e. The van der Waals surface area contributed by atoms with Gasteiger partial charge in [0.15, 0.2) is 0 Å². The van der Waals surface area contributed by atoms with E-state index in [1.165, 1.54) is 115 Å². The van der Waals surface area contributed by atoms with E-state index in [0.717, 1.165) is 6.42 Å². The molecule has 1 aliphatic rings. The van der Waals surface area contributed by atoms with Crippen molar-refractivity contribution < 1.29 is 57.7 Å². The van der Waals surface area contributed by atoms with E-state index in [-0.39, 0.29) is 37.2 Å². The van der Waals surface area contributed by atoms with Crippen LogP contribution in [0.15, 0.2) is 80.9 Å². The normalized spacial score (nSPS) is 14.7. The van der Waals surface area contributed by atoms with E-state index in [2.05, 4.69) is 94.9 Å². The van der Waals surface area contributed by atoms with Gasteiger partial charge in [-0.2, -0.15) is 0 Å². The van der Waals surface area contributed by atoms with Gasteiger partial charge in [0.05, 0.1) is 0 Å². The first kappa shape index (κ1) is 41.7. The van der Waals surface area contributed by atoms with E-state index in [1.54, 1.807) is 20.2 Å². The van der Waals surface area contributed by atoms with Gasteiger partial charge in [-0.15, -0.1) is 0 Å². The van der Waals surface area contributed by atoms with Crippen LogP contribution in [0.1, 0.15) is 129 Å². The number of rotatable bonds is 21. The molecule has 0 spiro atoms. The predicted octanol–water partition coefficient (Wildman–Crippen LogP) is 1.09. The van der Waals surface area contributed by atoms with Crippen LogP contribution in [-0.4, -0.2) is 9.52 Å². The molecular formula is C37H55Cl3SiTi. The average molecular weight is 682 g/mol. The second kappa shape index (κ2) is 26.0. The monoisotopic (exact) mass is 680 g/mol. The molecule has 2 aromatic rings. The minimum atomic E-state index is -0.438. The van der Waals surface area contributed by atoms with Crippen LogP contribution in [0.4, 0.5) is 0 Å². The molecule has 0 N–H and O–H groups in total. The topological polar surface area (TPSA) is 0 Å². The van der Waals surface area contributed by atoms with Crippen LogP contribution in [0.5, 0.6) is 0 Å². The molecule has 3 rings (SSSR count).